The first-order valence-corrected chi connectivity index (χ1v) is 11.7. The minimum Gasteiger partial charge on any atom is -0.357 e. The van der Waals surface area contributed by atoms with Crippen LogP contribution < -0.4 is 10.6 Å². The normalized spacial score (nSPS) is 27.0. The van der Waals surface area contributed by atoms with E-state index in [0.29, 0.717) is 25.6 Å². The highest BCUT2D eigenvalue weighted by Crippen LogP contribution is 2.52. The van der Waals surface area contributed by atoms with Crippen LogP contribution in [-0.4, -0.2) is 47.3 Å². The molecule has 4 unspecified atom stereocenters. The second-order valence-electron chi connectivity index (χ2n) is 9.33. The predicted octanol–water partition coefficient (Wildman–Crippen LogP) is 2.92. The Balaban J connectivity index is 0.00000272. The summed E-state index contributed by atoms with van der Waals surface area (Å²) in [5, 5.41) is 9.53. The lowest BCUT2D eigenvalue weighted by molar-refractivity contribution is -0.140. The maximum Gasteiger partial charge on any atom is 0.233 e. The smallest absolute Gasteiger partial charge is 0.233 e. The van der Waals surface area contributed by atoms with Crippen LogP contribution in [0.1, 0.15) is 44.8 Å². The molecule has 170 valence electrons. The van der Waals surface area contributed by atoms with Crippen molar-refractivity contribution in [2.75, 3.05) is 19.6 Å². The highest BCUT2D eigenvalue weighted by molar-refractivity contribution is 14.0. The van der Waals surface area contributed by atoms with Crippen LogP contribution in [0.2, 0.25) is 0 Å². The molecule has 3 aliphatic rings. The summed E-state index contributed by atoms with van der Waals surface area (Å²) in [4.78, 5) is 36.3. The van der Waals surface area contributed by atoms with E-state index in [0.717, 1.165) is 23.7 Å². The Bertz CT molecular complexity index is 861. The Morgan fingerprint density at radius 1 is 1.19 bits per heavy atom. The maximum atomic E-state index is 12.8. The predicted molar refractivity (Wildman–Crippen MR) is 133 cm³/mol. The number of allylic oxidation sites excluding steroid dienone is 2. The van der Waals surface area contributed by atoms with E-state index in [9.17, 15) is 9.59 Å². The van der Waals surface area contributed by atoms with Crippen LogP contribution >= 0.6 is 35.3 Å². The van der Waals surface area contributed by atoms with Crippen molar-refractivity contribution in [3.8, 4) is 0 Å². The van der Waals surface area contributed by atoms with Gasteiger partial charge >= 0.3 is 0 Å². The average Bonchev–Trinajstić information content (AvgIpc) is 3.45. The minimum atomic E-state index is -0.128. The van der Waals surface area contributed by atoms with Gasteiger partial charge in [0, 0.05) is 30.4 Å². The van der Waals surface area contributed by atoms with E-state index in [4.69, 9.17) is 0 Å². The summed E-state index contributed by atoms with van der Waals surface area (Å²) < 4.78 is 0. The number of carbonyl (C=O) groups excluding carboxylic acids is 2. The van der Waals surface area contributed by atoms with Gasteiger partial charge in [0.05, 0.1) is 24.1 Å². The maximum absolute atomic E-state index is 12.8. The fraction of sp³-hybridized carbons (Fsp3) is 0.636. The molecular formula is C22H32IN5O2S. The number of likely N-dealkylation sites (tertiary alicyclic amines) is 1. The number of aromatic nitrogens is 1. The van der Waals surface area contributed by atoms with Gasteiger partial charge in [0.2, 0.25) is 11.8 Å². The van der Waals surface area contributed by atoms with Gasteiger partial charge in [-0.15, -0.1) is 35.3 Å². The van der Waals surface area contributed by atoms with Gasteiger partial charge in [-0.3, -0.25) is 14.5 Å². The Hall–Kier alpha value is -1.49. The molecule has 2 N–H and O–H groups in total. The number of nitrogens with one attached hydrogen (secondary N) is 2. The van der Waals surface area contributed by atoms with Gasteiger partial charge in [0.15, 0.2) is 5.96 Å². The number of amides is 2. The van der Waals surface area contributed by atoms with E-state index in [1.54, 1.807) is 11.3 Å². The Morgan fingerprint density at radius 3 is 2.39 bits per heavy atom. The summed E-state index contributed by atoms with van der Waals surface area (Å²) >= 11 is 1.62. The third-order valence-corrected chi connectivity index (χ3v) is 7.06. The van der Waals surface area contributed by atoms with Crippen molar-refractivity contribution in [3.63, 3.8) is 0 Å². The molecule has 0 radical (unpaired) electrons. The Labute approximate surface area is 205 Å². The molecule has 2 aliphatic carbocycles. The molecule has 1 saturated heterocycles. The second kappa shape index (κ2) is 9.56. The van der Waals surface area contributed by atoms with E-state index in [1.807, 2.05) is 6.92 Å². The highest BCUT2D eigenvalue weighted by Gasteiger charge is 2.58. The van der Waals surface area contributed by atoms with Crippen molar-refractivity contribution in [1.82, 2.24) is 20.5 Å². The first-order chi connectivity index (χ1) is 14.3. The van der Waals surface area contributed by atoms with Crippen LogP contribution in [-0.2, 0) is 21.5 Å². The van der Waals surface area contributed by atoms with Crippen molar-refractivity contribution in [2.45, 2.75) is 46.1 Å². The lowest BCUT2D eigenvalue weighted by Gasteiger charge is -2.18. The summed E-state index contributed by atoms with van der Waals surface area (Å²) in [5.74, 6) is 0.930. The number of thiazole rings is 1. The van der Waals surface area contributed by atoms with E-state index in [2.05, 4.69) is 58.9 Å². The SMILES string of the molecule is CCNC(=NCc1nc(C(C)(C)C)cs1)NCCN1C(=O)C2C3C=CC(C3)C2C1=O.I. The molecule has 2 bridgehead atoms. The monoisotopic (exact) mass is 557 g/mol. The van der Waals surface area contributed by atoms with Gasteiger partial charge in [0.25, 0.3) is 0 Å². The molecule has 4 rings (SSSR count). The average molecular weight is 558 g/mol. The van der Waals surface area contributed by atoms with E-state index >= 15 is 0 Å². The molecule has 1 aromatic rings. The van der Waals surface area contributed by atoms with Crippen molar-refractivity contribution in [3.05, 3.63) is 28.2 Å². The van der Waals surface area contributed by atoms with Crippen molar-refractivity contribution in [2.24, 2.45) is 28.7 Å². The fourth-order valence-electron chi connectivity index (χ4n) is 4.69. The highest BCUT2D eigenvalue weighted by atomic mass is 127. The topological polar surface area (TPSA) is 86.7 Å². The summed E-state index contributed by atoms with van der Waals surface area (Å²) in [6, 6.07) is 0. The van der Waals surface area contributed by atoms with Gasteiger partial charge in [0.1, 0.15) is 5.01 Å². The largest absolute Gasteiger partial charge is 0.357 e. The third kappa shape index (κ3) is 4.81. The first kappa shape index (κ1) is 24.2. The number of hydrogen-bond acceptors (Lipinski definition) is 5. The summed E-state index contributed by atoms with van der Waals surface area (Å²) in [6.07, 6.45) is 5.21. The van der Waals surface area contributed by atoms with Crippen LogP contribution in [0.15, 0.2) is 22.5 Å². The molecule has 31 heavy (non-hydrogen) atoms. The fourth-order valence-corrected chi connectivity index (χ4v) is 5.63. The number of hydrogen-bond donors (Lipinski definition) is 2. The number of imide groups is 1. The van der Waals surface area contributed by atoms with Gasteiger partial charge in [-0.05, 0) is 25.2 Å². The Morgan fingerprint density at radius 2 is 1.84 bits per heavy atom. The molecule has 0 spiro atoms. The zero-order chi connectivity index (χ0) is 21.5. The van der Waals surface area contributed by atoms with Crippen LogP contribution in [0.25, 0.3) is 0 Å². The molecule has 2 amide bonds. The number of halogens is 1. The number of rotatable bonds is 6. The number of carbonyl (C=O) groups is 2. The number of aliphatic imine (C=N–C) groups is 1. The molecule has 7 nitrogen and oxygen atoms in total. The molecule has 2 heterocycles. The molecule has 1 aromatic heterocycles. The number of nitrogens with zero attached hydrogens (tertiary/aromatic N) is 3. The molecule has 2 fully saturated rings. The van der Waals surface area contributed by atoms with Gasteiger partial charge in [-0.25, -0.2) is 9.98 Å². The van der Waals surface area contributed by atoms with E-state index in [-0.39, 0.29) is 64.9 Å². The van der Waals surface area contributed by atoms with E-state index < -0.39 is 0 Å². The minimum absolute atomic E-state index is 0. The van der Waals surface area contributed by atoms with E-state index in [1.165, 1.54) is 4.90 Å². The summed E-state index contributed by atoms with van der Waals surface area (Å²) in [7, 11) is 0. The molecule has 4 atom stereocenters. The molecular weight excluding hydrogens is 525 g/mol. The zero-order valence-electron chi connectivity index (χ0n) is 18.6. The lowest BCUT2D eigenvalue weighted by atomic mass is 9.85. The Kier molecular flexibility index (Phi) is 7.45. The summed E-state index contributed by atoms with van der Waals surface area (Å²) in [6.45, 7) is 10.5. The molecule has 1 saturated carbocycles. The van der Waals surface area contributed by atoms with Crippen molar-refractivity contribution in [1.29, 1.82) is 0 Å². The third-order valence-electron chi connectivity index (χ3n) is 6.23. The van der Waals surface area contributed by atoms with Gasteiger partial charge < -0.3 is 10.6 Å². The van der Waals surface area contributed by atoms with Crippen LogP contribution in [0, 0.1) is 23.7 Å². The molecule has 9 heteroatoms. The van der Waals surface area contributed by atoms with Crippen molar-refractivity contribution < 1.29 is 9.59 Å². The van der Waals surface area contributed by atoms with Gasteiger partial charge in [-0.1, -0.05) is 32.9 Å². The molecule has 0 aromatic carbocycles. The number of guanidine groups is 1. The second-order valence-corrected chi connectivity index (χ2v) is 10.3. The molecule has 1 aliphatic heterocycles. The first-order valence-electron chi connectivity index (χ1n) is 10.8. The van der Waals surface area contributed by atoms with Crippen molar-refractivity contribution >= 4 is 53.1 Å². The quantitative estimate of drug-likeness (QED) is 0.185. The summed E-state index contributed by atoms with van der Waals surface area (Å²) in [5.41, 5.74) is 1.11. The standard InChI is InChI=1S/C22H31N5O2S.HI/c1-5-23-21(25-11-16-26-15(12-30-16)22(2,3)4)24-8-9-27-19(28)17-13-6-7-14(10-13)18(17)20(27)29;/h6-7,12-14,17-18H,5,8-11H2,1-4H3,(H2,23,24,25);1H. The zero-order valence-corrected chi connectivity index (χ0v) is 21.7. The lowest BCUT2D eigenvalue weighted by Crippen LogP contribution is -2.43. The number of fused-ring (bicyclic) bond motifs is 5. The van der Waals surface area contributed by atoms with Crippen LogP contribution in [0.3, 0.4) is 0 Å². The van der Waals surface area contributed by atoms with Gasteiger partial charge in [-0.2, -0.15) is 0 Å². The van der Waals surface area contributed by atoms with Crippen LogP contribution in [0.4, 0.5) is 0 Å². The van der Waals surface area contributed by atoms with Crippen LogP contribution in [0.5, 0.6) is 0 Å².